The van der Waals surface area contributed by atoms with E-state index in [0.29, 0.717) is 5.92 Å². The second kappa shape index (κ2) is 5.18. The van der Waals surface area contributed by atoms with Crippen LogP contribution in [0.4, 0.5) is 0 Å². The van der Waals surface area contributed by atoms with Crippen LogP contribution in [0.1, 0.15) is 39.7 Å². The fraction of sp³-hybridized carbons (Fsp3) is 0.750. The number of hydrogen-bond acceptors (Lipinski definition) is 1. The topological polar surface area (TPSA) is 17.8 Å². The molecule has 0 aromatic carbocycles. The largest absolute Gasteiger partial charge is 0.272 e. The monoisotopic (exact) mass is 194 g/mol. The molecule has 0 radical (unpaired) electrons. The Morgan fingerprint density at radius 1 is 1.21 bits per heavy atom. The van der Waals surface area contributed by atoms with Gasteiger partial charge in [0.25, 0.3) is 0 Å². The van der Waals surface area contributed by atoms with Crippen LogP contribution in [0, 0.1) is 11.8 Å². The normalized spacial score (nSPS) is 11.6. The maximum atomic E-state index is 4.35. The maximum absolute atomic E-state index is 4.35. The van der Waals surface area contributed by atoms with Crippen LogP contribution in [0.2, 0.25) is 0 Å². The van der Waals surface area contributed by atoms with Crippen molar-refractivity contribution in [1.29, 1.82) is 0 Å². The smallest absolute Gasteiger partial charge is 0.0521 e. The van der Waals surface area contributed by atoms with Gasteiger partial charge in [-0.3, -0.25) is 4.68 Å². The minimum absolute atomic E-state index is 0.674. The lowest BCUT2D eigenvalue weighted by molar-refractivity contribution is 0.482. The van der Waals surface area contributed by atoms with Gasteiger partial charge >= 0.3 is 0 Å². The van der Waals surface area contributed by atoms with Crippen molar-refractivity contribution in [2.24, 2.45) is 11.8 Å². The summed E-state index contributed by atoms with van der Waals surface area (Å²) in [6, 6.07) is 0. The molecule has 0 atom stereocenters. The van der Waals surface area contributed by atoms with E-state index in [-0.39, 0.29) is 0 Å². The zero-order valence-corrected chi connectivity index (χ0v) is 9.83. The highest BCUT2D eigenvalue weighted by atomic mass is 15.3. The summed E-state index contributed by atoms with van der Waals surface area (Å²) in [5, 5.41) is 4.35. The highest BCUT2D eigenvalue weighted by molar-refractivity contribution is 5.03. The van der Waals surface area contributed by atoms with Gasteiger partial charge in [-0.15, -0.1) is 0 Å². The van der Waals surface area contributed by atoms with E-state index in [1.54, 1.807) is 0 Å². The first-order valence-corrected chi connectivity index (χ1v) is 5.59. The predicted octanol–water partition coefficient (Wildman–Crippen LogP) is 3.13. The van der Waals surface area contributed by atoms with Crippen molar-refractivity contribution in [3.05, 3.63) is 18.0 Å². The summed E-state index contributed by atoms with van der Waals surface area (Å²) in [5.74, 6) is 1.45. The quantitative estimate of drug-likeness (QED) is 0.704. The van der Waals surface area contributed by atoms with Crippen LogP contribution in [-0.2, 0) is 13.0 Å². The number of aryl methyl sites for hydroxylation is 1. The highest BCUT2D eigenvalue weighted by Crippen LogP contribution is 2.08. The average Bonchev–Trinajstić information content (AvgIpc) is 2.47. The Morgan fingerprint density at radius 2 is 1.93 bits per heavy atom. The van der Waals surface area contributed by atoms with E-state index in [1.165, 1.54) is 12.0 Å². The van der Waals surface area contributed by atoms with Gasteiger partial charge in [-0.2, -0.15) is 5.10 Å². The van der Waals surface area contributed by atoms with Crippen LogP contribution in [0.25, 0.3) is 0 Å². The molecule has 0 bridgehead atoms. The Hall–Kier alpha value is -0.790. The highest BCUT2D eigenvalue weighted by Gasteiger charge is 2.01. The summed E-state index contributed by atoms with van der Waals surface area (Å²) in [4.78, 5) is 0. The first-order valence-electron chi connectivity index (χ1n) is 5.59. The van der Waals surface area contributed by atoms with Crippen molar-refractivity contribution in [2.45, 2.75) is 47.1 Å². The van der Waals surface area contributed by atoms with Gasteiger partial charge in [0, 0.05) is 12.7 Å². The van der Waals surface area contributed by atoms with Crippen molar-refractivity contribution >= 4 is 0 Å². The number of aromatic nitrogens is 2. The SMILES string of the molecule is CC(C)CCc1cnn(CC(C)C)c1. The van der Waals surface area contributed by atoms with Gasteiger partial charge in [0.15, 0.2) is 0 Å². The standard InChI is InChI=1S/C12H22N2/c1-10(2)5-6-12-7-13-14(9-12)8-11(3)4/h7,9-11H,5-6,8H2,1-4H3. The molecule has 0 aliphatic carbocycles. The third-order valence-corrected chi connectivity index (χ3v) is 2.25. The van der Waals surface area contributed by atoms with Crippen LogP contribution < -0.4 is 0 Å². The summed E-state index contributed by atoms with van der Waals surface area (Å²) in [5.41, 5.74) is 1.37. The van der Waals surface area contributed by atoms with Crippen LogP contribution in [0.3, 0.4) is 0 Å². The van der Waals surface area contributed by atoms with Gasteiger partial charge in [0.1, 0.15) is 0 Å². The van der Waals surface area contributed by atoms with E-state index in [9.17, 15) is 0 Å². The minimum Gasteiger partial charge on any atom is -0.272 e. The molecule has 0 spiro atoms. The van der Waals surface area contributed by atoms with Crippen LogP contribution in [0.5, 0.6) is 0 Å². The summed E-state index contributed by atoms with van der Waals surface area (Å²) in [6.45, 7) is 9.99. The molecule has 0 aliphatic heterocycles. The summed E-state index contributed by atoms with van der Waals surface area (Å²) >= 11 is 0. The van der Waals surface area contributed by atoms with Crippen molar-refractivity contribution in [1.82, 2.24) is 9.78 Å². The van der Waals surface area contributed by atoms with Crippen molar-refractivity contribution in [3.8, 4) is 0 Å². The van der Waals surface area contributed by atoms with Gasteiger partial charge in [0.05, 0.1) is 6.20 Å². The predicted molar refractivity (Wildman–Crippen MR) is 60.2 cm³/mol. The summed E-state index contributed by atoms with van der Waals surface area (Å²) in [7, 11) is 0. The fourth-order valence-corrected chi connectivity index (χ4v) is 1.46. The molecule has 1 rings (SSSR count). The first kappa shape index (κ1) is 11.3. The molecule has 0 saturated heterocycles. The number of nitrogens with zero attached hydrogens (tertiary/aromatic N) is 2. The molecule has 0 unspecified atom stereocenters. The molecular formula is C12H22N2. The van der Waals surface area contributed by atoms with Gasteiger partial charge < -0.3 is 0 Å². The van der Waals surface area contributed by atoms with Gasteiger partial charge in [0.2, 0.25) is 0 Å². The average molecular weight is 194 g/mol. The molecule has 1 heterocycles. The van der Waals surface area contributed by atoms with Crippen LogP contribution in [0.15, 0.2) is 12.4 Å². The minimum atomic E-state index is 0.674. The Labute approximate surface area is 87.3 Å². The molecule has 14 heavy (non-hydrogen) atoms. The van der Waals surface area contributed by atoms with E-state index in [1.807, 2.05) is 6.20 Å². The van der Waals surface area contributed by atoms with E-state index in [4.69, 9.17) is 0 Å². The molecule has 1 aromatic heterocycles. The van der Waals surface area contributed by atoms with Gasteiger partial charge in [-0.05, 0) is 30.2 Å². The lowest BCUT2D eigenvalue weighted by Gasteiger charge is -2.04. The maximum Gasteiger partial charge on any atom is 0.0521 e. The molecular weight excluding hydrogens is 172 g/mol. The van der Waals surface area contributed by atoms with Gasteiger partial charge in [-0.25, -0.2) is 0 Å². The second-order valence-corrected chi connectivity index (χ2v) is 4.90. The molecule has 80 valence electrons. The van der Waals surface area contributed by atoms with Crippen LogP contribution >= 0.6 is 0 Å². The van der Waals surface area contributed by atoms with E-state index in [2.05, 4.69) is 43.7 Å². The number of rotatable bonds is 5. The summed E-state index contributed by atoms with van der Waals surface area (Å²) in [6.07, 6.45) is 6.61. The van der Waals surface area contributed by atoms with Crippen molar-refractivity contribution in [2.75, 3.05) is 0 Å². The van der Waals surface area contributed by atoms with Gasteiger partial charge in [-0.1, -0.05) is 27.7 Å². The lowest BCUT2D eigenvalue weighted by atomic mass is 10.1. The molecule has 0 N–H and O–H groups in total. The first-order chi connectivity index (χ1) is 6.58. The lowest BCUT2D eigenvalue weighted by Crippen LogP contribution is -2.04. The molecule has 2 heteroatoms. The van der Waals surface area contributed by atoms with Crippen molar-refractivity contribution in [3.63, 3.8) is 0 Å². The summed E-state index contributed by atoms with van der Waals surface area (Å²) < 4.78 is 2.06. The Balaban J connectivity index is 2.42. The van der Waals surface area contributed by atoms with Crippen LogP contribution in [-0.4, -0.2) is 9.78 Å². The second-order valence-electron chi connectivity index (χ2n) is 4.90. The Kier molecular flexibility index (Phi) is 4.18. The third kappa shape index (κ3) is 3.95. The Morgan fingerprint density at radius 3 is 2.50 bits per heavy atom. The zero-order chi connectivity index (χ0) is 10.6. The zero-order valence-electron chi connectivity index (χ0n) is 9.83. The molecule has 0 amide bonds. The molecule has 1 aromatic rings. The molecule has 0 aliphatic rings. The molecule has 0 fully saturated rings. The number of hydrogen-bond donors (Lipinski definition) is 0. The Bertz CT molecular complexity index is 261. The van der Waals surface area contributed by atoms with Crippen molar-refractivity contribution < 1.29 is 0 Å². The van der Waals surface area contributed by atoms with E-state index >= 15 is 0 Å². The van der Waals surface area contributed by atoms with E-state index in [0.717, 1.165) is 18.9 Å². The third-order valence-electron chi connectivity index (χ3n) is 2.25. The molecule has 2 nitrogen and oxygen atoms in total. The fourth-order valence-electron chi connectivity index (χ4n) is 1.46. The van der Waals surface area contributed by atoms with E-state index < -0.39 is 0 Å². The molecule has 0 saturated carbocycles.